The Bertz CT molecular complexity index is 742. The molecule has 1 heterocycles. The average Bonchev–Trinajstić information content (AvgIpc) is 2.83. The maximum atomic E-state index is 9.55. The molecule has 1 atom stereocenters. The van der Waals surface area contributed by atoms with Crippen molar-refractivity contribution in [3.63, 3.8) is 0 Å². The smallest absolute Gasteiger partial charge is 0.0979 e. The average molecular weight is 315 g/mol. The Morgan fingerprint density at radius 2 is 1.67 bits per heavy atom. The molecule has 0 saturated carbocycles. The van der Waals surface area contributed by atoms with Crippen molar-refractivity contribution in [2.75, 3.05) is 0 Å². The molecule has 2 aromatic carbocycles. The zero-order valence-corrected chi connectivity index (χ0v) is 13.6. The normalized spacial score (nSPS) is 17.0. The monoisotopic (exact) mass is 315 g/mol. The van der Waals surface area contributed by atoms with E-state index in [1.807, 2.05) is 42.6 Å². The van der Waals surface area contributed by atoms with Gasteiger partial charge in [-0.15, -0.1) is 0 Å². The third-order valence-electron chi connectivity index (χ3n) is 4.08. The van der Waals surface area contributed by atoms with Crippen LogP contribution in [0.2, 0.25) is 0 Å². The molecular formula is C21H21N3. The van der Waals surface area contributed by atoms with E-state index in [-0.39, 0.29) is 6.04 Å². The lowest BCUT2D eigenvalue weighted by molar-refractivity contribution is 0.497. The molecular weight excluding hydrogens is 294 g/mol. The second-order valence-corrected chi connectivity index (χ2v) is 5.89. The lowest BCUT2D eigenvalue weighted by Crippen LogP contribution is -2.29. The highest BCUT2D eigenvalue weighted by molar-refractivity contribution is 5.30. The number of hydrogen-bond acceptors (Lipinski definition) is 3. The lowest BCUT2D eigenvalue weighted by Gasteiger charge is -2.17. The number of hydrogen-bond donors (Lipinski definition) is 1. The summed E-state index contributed by atoms with van der Waals surface area (Å²) in [5, 5.41) is 13.0. The summed E-state index contributed by atoms with van der Waals surface area (Å²) in [4.78, 5) is 2.08. The number of nitrogens with one attached hydrogen (secondary N) is 1. The first-order valence-corrected chi connectivity index (χ1v) is 8.20. The summed E-state index contributed by atoms with van der Waals surface area (Å²) >= 11 is 0. The lowest BCUT2D eigenvalue weighted by atomic mass is 10.1. The third-order valence-corrected chi connectivity index (χ3v) is 4.08. The first-order valence-electron chi connectivity index (χ1n) is 8.20. The second-order valence-electron chi connectivity index (χ2n) is 5.89. The Kier molecular flexibility index (Phi) is 5.44. The molecule has 3 rings (SSSR count). The van der Waals surface area contributed by atoms with Crippen molar-refractivity contribution >= 4 is 0 Å². The molecule has 0 aliphatic carbocycles. The van der Waals surface area contributed by atoms with E-state index in [2.05, 4.69) is 52.8 Å². The summed E-state index contributed by atoms with van der Waals surface area (Å²) in [5.41, 5.74) is 3.22. The summed E-state index contributed by atoms with van der Waals surface area (Å²) in [7, 11) is 0. The quantitative estimate of drug-likeness (QED) is 0.907. The molecule has 3 heteroatoms. The first-order chi connectivity index (χ1) is 11.8. The van der Waals surface area contributed by atoms with E-state index in [1.165, 1.54) is 11.1 Å². The minimum absolute atomic E-state index is 0.0484. The molecule has 2 aromatic rings. The molecule has 24 heavy (non-hydrogen) atoms. The third kappa shape index (κ3) is 4.34. The molecule has 0 spiro atoms. The fourth-order valence-corrected chi connectivity index (χ4v) is 2.80. The molecule has 0 radical (unpaired) electrons. The Labute approximate surface area is 143 Å². The summed E-state index contributed by atoms with van der Waals surface area (Å²) in [6.07, 6.45) is 6.97. The Balaban J connectivity index is 1.68. The van der Waals surface area contributed by atoms with E-state index in [9.17, 15) is 5.26 Å². The van der Waals surface area contributed by atoms with Crippen LogP contribution in [-0.4, -0.2) is 10.9 Å². The van der Waals surface area contributed by atoms with Crippen molar-refractivity contribution in [2.24, 2.45) is 0 Å². The predicted octanol–water partition coefficient (Wildman–Crippen LogP) is 3.97. The van der Waals surface area contributed by atoms with Crippen molar-refractivity contribution in [3.05, 3.63) is 95.8 Å². The Morgan fingerprint density at radius 1 is 1.00 bits per heavy atom. The molecule has 1 aliphatic rings. The van der Waals surface area contributed by atoms with Crippen LogP contribution in [0.4, 0.5) is 0 Å². The van der Waals surface area contributed by atoms with Crippen molar-refractivity contribution in [1.29, 1.82) is 5.26 Å². The molecule has 0 aromatic heterocycles. The Hall–Kier alpha value is -2.83. The van der Waals surface area contributed by atoms with Crippen LogP contribution >= 0.6 is 0 Å². The van der Waals surface area contributed by atoms with E-state index in [0.29, 0.717) is 0 Å². The fraction of sp³-hybridized carbons (Fsp3) is 0.190. The van der Waals surface area contributed by atoms with Crippen LogP contribution in [0.25, 0.3) is 0 Å². The van der Waals surface area contributed by atoms with Gasteiger partial charge in [-0.2, -0.15) is 5.26 Å². The standard InChI is InChI=1S/C21H21N3/c22-14-20-17-24(16-19-10-5-2-6-11-19)13-7-12-21(20)23-15-18-8-3-1-4-9-18/h1-11,13,17,21,23H,12,15-16H2/t21-/m0/s1. The van der Waals surface area contributed by atoms with Crippen LogP contribution in [0.5, 0.6) is 0 Å². The summed E-state index contributed by atoms with van der Waals surface area (Å²) in [6, 6.07) is 23.0. The van der Waals surface area contributed by atoms with Gasteiger partial charge in [0.15, 0.2) is 0 Å². The van der Waals surface area contributed by atoms with E-state index >= 15 is 0 Å². The minimum atomic E-state index is 0.0484. The van der Waals surface area contributed by atoms with Gasteiger partial charge in [0.05, 0.1) is 11.6 Å². The van der Waals surface area contributed by atoms with Gasteiger partial charge in [-0.1, -0.05) is 66.7 Å². The Morgan fingerprint density at radius 3 is 2.33 bits per heavy atom. The van der Waals surface area contributed by atoms with Gasteiger partial charge in [-0.3, -0.25) is 0 Å². The van der Waals surface area contributed by atoms with Crippen LogP contribution in [-0.2, 0) is 13.1 Å². The molecule has 1 N–H and O–H groups in total. The zero-order valence-electron chi connectivity index (χ0n) is 13.6. The zero-order chi connectivity index (χ0) is 16.6. The van der Waals surface area contributed by atoms with Gasteiger partial charge in [0, 0.05) is 25.3 Å². The van der Waals surface area contributed by atoms with Crippen molar-refractivity contribution in [3.8, 4) is 6.07 Å². The van der Waals surface area contributed by atoms with Crippen LogP contribution in [0.15, 0.2) is 84.7 Å². The second kappa shape index (κ2) is 8.14. The summed E-state index contributed by atoms with van der Waals surface area (Å²) in [6.45, 7) is 1.53. The van der Waals surface area contributed by atoms with Crippen molar-refractivity contribution in [1.82, 2.24) is 10.2 Å². The molecule has 0 fully saturated rings. The highest BCUT2D eigenvalue weighted by Crippen LogP contribution is 2.16. The minimum Gasteiger partial charge on any atom is -0.349 e. The van der Waals surface area contributed by atoms with Gasteiger partial charge in [0.1, 0.15) is 0 Å². The van der Waals surface area contributed by atoms with E-state index < -0.39 is 0 Å². The van der Waals surface area contributed by atoms with Gasteiger partial charge < -0.3 is 10.2 Å². The van der Waals surface area contributed by atoms with Crippen molar-refractivity contribution < 1.29 is 0 Å². The van der Waals surface area contributed by atoms with Gasteiger partial charge in [0.25, 0.3) is 0 Å². The maximum Gasteiger partial charge on any atom is 0.0979 e. The van der Waals surface area contributed by atoms with Crippen LogP contribution in [0, 0.1) is 11.3 Å². The first kappa shape index (κ1) is 16.0. The largest absolute Gasteiger partial charge is 0.349 e. The van der Waals surface area contributed by atoms with Crippen LogP contribution < -0.4 is 5.32 Å². The number of nitrogens with zero attached hydrogens (tertiary/aromatic N) is 2. The highest BCUT2D eigenvalue weighted by atomic mass is 15.1. The van der Waals surface area contributed by atoms with E-state index in [1.54, 1.807) is 0 Å². The SMILES string of the molecule is N#CC1=CN(Cc2ccccc2)C=CC[C@@H]1NCc1ccccc1. The molecule has 1 aliphatic heterocycles. The molecule has 0 bridgehead atoms. The topological polar surface area (TPSA) is 39.1 Å². The van der Waals surface area contributed by atoms with E-state index in [0.717, 1.165) is 25.1 Å². The fourth-order valence-electron chi connectivity index (χ4n) is 2.80. The molecule has 0 saturated heterocycles. The van der Waals surface area contributed by atoms with Crippen LogP contribution in [0.3, 0.4) is 0 Å². The number of rotatable bonds is 5. The maximum absolute atomic E-state index is 9.55. The number of nitriles is 1. The van der Waals surface area contributed by atoms with Gasteiger partial charge in [-0.25, -0.2) is 0 Å². The van der Waals surface area contributed by atoms with Gasteiger partial charge in [-0.05, 0) is 23.7 Å². The molecule has 0 unspecified atom stereocenters. The highest BCUT2D eigenvalue weighted by Gasteiger charge is 2.16. The summed E-state index contributed by atoms with van der Waals surface area (Å²) in [5.74, 6) is 0. The molecule has 120 valence electrons. The predicted molar refractivity (Wildman–Crippen MR) is 96.5 cm³/mol. The van der Waals surface area contributed by atoms with Gasteiger partial charge in [0.2, 0.25) is 0 Å². The van der Waals surface area contributed by atoms with Crippen LogP contribution in [0.1, 0.15) is 17.5 Å². The van der Waals surface area contributed by atoms with E-state index in [4.69, 9.17) is 0 Å². The van der Waals surface area contributed by atoms with Crippen molar-refractivity contribution in [2.45, 2.75) is 25.6 Å². The van der Waals surface area contributed by atoms with Gasteiger partial charge >= 0.3 is 0 Å². The summed E-state index contributed by atoms with van der Waals surface area (Å²) < 4.78 is 0. The molecule has 0 amide bonds. The molecule has 3 nitrogen and oxygen atoms in total. The number of benzene rings is 2.